The molecule has 2 N–H and O–H groups in total. The van der Waals surface area contributed by atoms with E-state index in [4.69, 9.17) is 15.2 Å². The maximum atomic E-state index is 6.09. The highest BCUT2D eigenvalue weighted by Crippen LogP contribution is 2.33. The molecule has 2 rings (SSSR count). The molecule has 1 heterocycles. The standard InChI is InChI=1S/C15H24N2O2/c1-15(13-7-4-3-5-8-13)18-12-14(19-15)11-17(2)10-6-9-16/h3-5,7-8,14H,6,9-12,16H2,1-2H3. The quantitative estimate of drug-likeness (QED) is 0.847. The molecule has 1 aromatic carbocycles. The number of hydrogen-bond acceptors (Lipinski definition) is 4. The summed E-state index contributed by atoms with van der Waals surface area (Å²) < 4.78 is 12.0. The Morgan fingerprint density at radius 1 is 1.37 bits per heavy atom. The lowest BCUT2D eigenvalue weighted by Gasteiger charge is -2.25. The highest BCUT2D eigenvalue weighted by atomic mass is 16.7. The van der Waals surface area contributed by atoms with Gasteiger partial charge in [0.05, 0.1) is 12.7 Å². The van der Waals surface area contributed by atoms with Crippen LogP contribution in [0.5, 0.6) is 0 Å². The first-order valence-corrected chi connectivity index (χ1v) is 6.90. The lowest BCUT2D eigenvalue weighted by Crippen LogP contribution is -2.33. The van der Waals surface area contributed by atoms with E-state index in [0.29, 0.717) is 6.61 Å². The fraction of sp³-hybridized carbons (Fsp3) is 0.600. The zero-order valence-electron chi connectivity index (χ0n) is 11.8. The van der Waals surface area contributed by atoms with Crippen LogP contribution in [-0.2, 0) is 15.3 Å². The third-order valence-corrected chi connectivity index (χ3v) is 3.49. The molecular weight excluding hydrogens is 240 g/mol. The molecule has 2 atom stereocenters. The minimum Gasteiger partial charge on any atom is -0.343 e. The van der Waals surface area contributed by atoms with Gasteiger partial charge in [0.1, 0.15) is 0 Å². The summed E-state index contributed by atoms with van der Waals surface area (Å²) in [4.78, 5) is 2.25. The fourth-order valence-corrected chi connectivity index (χ4v) is 2.42. The van der Waals surface area contributed by atoms with Gasteiger partial charge in [0.15, 0.2) is 5.79 Å². The number of nitrogens with zero attached hydrogens (tertiary/aromatic N) is 1. The van der Waals surface area contributed by atoms with Gasteiger partial charge < -0.3 is 20.1 Å². The summed E-state index contributed by atoms with van der Waals surface area (Å²) in [6.07, 6.45) is 1.13. The molecule has 0 bridgehead atoms. The van der Waals surface area contributed by atoms with Crippen LogP contribution >= 0.6 is 0 Å². The highest BCUT2D eigenvalue weighted by Gasteiger charge is 2.38. The van der Waals surface area contributed by atoms with E-state index in [0.717, 1.165) is 31.6 Å². The number of hydrogen-bond donors (Lipinski definition) is 1. The van der Waals surface area contributed by atoms with Crippen molar-refractivity contribution in [2.45, 2.75) is 25.2 Å². The van der Waals surface area contributed by atoms with Gasteiger partial charge in [-0.25, -0.2) is 0 Å². The minimum absolute atomic E-state index is 0.119. The molecule has 1 saturated heterocycles. The fourth-order valence-electron chi connectivity index (χ4n) is 2.42. The Morgan fingerprint density at radius 3 is 2.79 bits per heavy atom. The Bertz CT molecular complexity index is 385. The van der Waals surface area contributed by atoms with Gasteiger partial charge in [-0.15, -0.1) is 0 Å². The molecule has 4 heteroatoms. The summed E-state index contributed by atoms with van der Waals surface area (Å²) >= 11 is 0. The van der Waals surface area contributed by atoms with Crippen molar-refractivity contribution < 1.29 is 9.47 Å². The van der Waals surface area contributed by atoms with Crippen molar-refractivity contribution >= 4 is 0 Å². The van der Waals surface area contributed by atoms with Crippen LogP contribution in [0.15, 0.2) is 30.3 Å². The molecule has 0 spiro atoms. The van der Waals surface area contributed by atoms with Gasteiger partial charge in [-0.2, -0.15) is 0 Å². The normalized spacial score (nSPS) is 27.1. The lowest BCUT2D eigenvalue weighted by molar-refractivity contribution is -0.163. The Labute approximate surface area is 115 Å². The van der Waals surface area contributed by atoms with Crippen LogP contribution in [0.3, 0.4) is 0 Å². The monoisotopic (exact) mass is 264 g/mol. The summed E-state index contributed by atoms with van der Waals surface area (Å²) in [5, 5.41) is 0. The molecule has 4 nitrogen and oxygen atoms in total. The number of likely N-dealkylation sites (N-methyl/N-ethyl adjacent to an activating group) is 1. The number of nitrogens with two attached hydrogens (primary N) is 1. The lowest BCUT2D eigenvalue weighted by atomic mass is 10.1. The molecule has 1 aliphatic heterocycles. The van der Waals surface area contributed by atoms with E-state index < -0.39 is 5.79 Å². The predicted octanol–water partition coefficient (Wildman–Crippen LogP) is 1.56. The molecule has 1 aromatic rings. The smallest absolute Gasteiger partial charge is 0.192 e. The maximum Gasteiger partial charge on any atom is 0.192 e. The van der Waals surface area contributed by atoms with Gasteiger partial charge in [0.2, 0.25) is 0 Å². The first-order chi connectivity index (χ1) is 9.14. The molecule has 106 valence electrons. The second-order valence-electron chi connectivity index (χ2n) is 5.27. The molecule has 0 saturated carbocycles. The molecule has 0 aliphatic carbocycles. The minimum atomic E-state index is -0.610. The van der Waals surface area contributed by atoms with Crippen LogP contribution in [0.25, 0.3) is 0 Å². The third-order valence-electron chi connectivity index (χ3n) is 3.49. The summed E-state index contributed by atoms with van der Waals surface area (Å²) in [6, 6.07) is 10.1. The first kappa shape index (κ1) is 14.5. The van der Waals surface area contributed by atoms with E-state index in [1.807, 2.05) is 37.3 Å². The van der Waals surface area contributed by atoms with E-state index in [2.05, 4.69) is 11.9 Å². The summed E-state index contributed by atoms with van der Waals surface area (Å²) in [5.74, 6) is -0.610. The van der Waals surface area contributed by atoms with Crippen molar-refractivity contribution in [3.8, 4) is 0 Å². The van der Waals surface area contributed by atoms with E-state index >= 15 is 0 Å². The van der Waals surface area contributed by atoms with Gasteiger partial charge in [0.25, 0.3) is 0 Å². The average Bonchev–Trinajstić information content (AvgIpc) is 2.80. The van der Waals surface area contributed by atoms with Gasteiger partial charge in [-0.1, -0.05) is 30.3 Å². The number of benzene rings is 1. The van der Waals surface area contributed by atoms with Crippen LogP contribution < -0.4 is 5.73 Å². The SMILES string of the molecule is CN(CCCN)CC1COC(C)(c2ccccc2)O1. The second kappa shape index (κ2) is 6.48. The summed E-state index contributed by atoms with van der Waals surface area (Å²) in [7, 11) is 2.09. The molecular formula is C15H24N2O2. The number of ether oxygens (including phenoxy) is 2. The van der Waals surface area contributed by atoms with E-state index in [-0.39, 0.29) is 6.10 Å². The summed E-state index contributed by atoms with van der Waals surface area (Å²) in [6.45, 7) is 5.23. The van der Waals surface area contributed by atoms with Crippen LogP contribution in [-0.4, -0.2) is 44.3 Å². The van der Waals surface area contributed by atoms with E-state index in [1.54, 1.807) is 0 Å². The van der Waals surface area contributed by atoms with Gasteiger partial charge >= 0.3 is 0 Å². The third kappa shape index (κ3) is 3.76. The Kier molecular flexibility index (Phi) is 4.93. The van der Waals surface area contributed by atoms with Crippen molar-refractivity contribution in [3.05, 3.63) is 35.9 Å². The van der Waals surface area contributed by atoms with Gasteiger partial charge in [0, 0.05) is 12.1 Å². The van der Waals surface area contributed by atoms with Gasteiger partial charge in [-0.3, -0.25) is 0 Å². The second-order valence-corrected chi connectivity index (χ2v) is 5.27. The average molecular weight is 264 g/mol. The van der Waals surface area contributed by atoms with Crippen molar-refractivity contribution in [3.63, 3.8) is 0 Å². The van der Waals surface area contributed by atoms with Crippen LogP contribution in [0, 0.1) is 0 Å². The zero-order valence-corrected chi connectivity index (χ0v) is 11.8. The molecule has 0 amide bonds. The van der Waals surface area contributed by atoms with Crippen molar-refractivity contribution in [2.24, 2.45) is 5.73 Å². The van der Waals surface area contributed by atoms with Crippen LogP contribution in [0.4, 0.5) is 0 Å². The first-order valence-electron chi connectivity index (χ1n) is 6.90. The van der Waals surface area contributed by atoms with Gasteiger partial charge in [-0.05, 0) is 33.5 Å². The molecule has 0 radical (unpaired) electrons. The maximum absolute atomic E-state index is 6.09. The molecule has 1 fully saturated rings. The predicted molar refractivity (Wildman–Crippen MR) is 75.8 cm³/mol. The number of rotatable bonds is 6. The Morgan fingerprint density at radius 2 is 2.11 bits per heavy atom. The topological polar surface area (TPSA) is 47.7 Å². The highest BCUT2D eigenvalue weighted by molar-refractivity contribution is 5.20. The largest absolute Gasteiger partial charge is 0.343 e. The zero-order chi connectivity index (χ0) is 13.7. The van der Waals surface area contributed by atoms with E-state index in [1.165, 1.54) is 0 Å². The molecule has 19 heavy (non-hydrogen) atoms. The Hall–Kier alpha value is -0.940. The van der Waals surface area contributed by atoms with Crippen molar-refractivity contribution in [1.29, 1.82) is 0 Å². The Balaban J connectivity index is 1.89. The van der Waals surface area contributed by atoms with Crippen molar-refractivity contribution in [1.82, 2.24) is 4.90 Å². The molecule has 0 aromatic heterocycles. The van der Waals surface area contributed by atoms with Crippen LogP contribution in [0.2, 0.25) is 0 Å². The van der Waals surface area contributed by atoms with Crippen LogP contribution in [0.1, 0.15) is 18.9 Å². The van der Waals surface area contributed by atoms with Crippen molar-refractivity contribution in [2.75, 3.05) is 33.3 Å². The molecule has 1 aliphatic rings. The molecule has 2 unspecified atom stereocenters. The summed E-state index contributed by atoms with van der Waals surface area (Å²) in [5.41, 5.74) is 6.59. The van der Waals surface area contributed by atoms with E-state index in [9.17, 15) is 0 Å².